The van der Waals surface area contributed by atoms with Crippen LogP contribution in [0.5, 0.6) is 0 Å². The van der Waals surface area contributed by atoms with Crippen molar-refractivity contribution in [2.24, 2.45) is 0 Å². The number of nitrogens with zero attached hydrogens (tertiary/aromatic N) is 1. The third kappa shape index (κ3) is 4.68. The lowest BCUT2D eigenvalue weighted by Gasteiger charge is -2.35. The summed E-state index contributed by atoms with van der Waals surface area (Å²) in [5.41, 5.74) is 7.85. The van der Waals surface area contributed by atoms with Gasteiger partial charge in [-0.15, -0.1) is 0 Å². The summed E-state index contributed by atoms with van der Waals surface area (Å²) in [4.78, 5) is 25.6. The number of likely N-dealkylation sites (tertiary alicyclic amines) is 1. The number of rotatable bonds is 7. The first-order chi connectivity index (χ1) is 15.7. The molecule has 1 fully saturated rings. The molecule has 1 aliphatic carbocycles. The number of carbonyl (C=O) groups is 2. The average molecular weight is 430 g/mol. The minimum Gasteiger partial charge on any atom is -0.359 e. The van der Waals surface area contributed by atoms with Gasteiger partial charge in [0, 0.05) is 26.2 Å². The molecule has 1 aliphatic heterocycles. The predicted molar refractivity (Wildman–Crippen MR) is 130 cm³/mol. The summed E-state index contributed by atoms with van der Waals surface area (Å²) in [6, 6.07) is 17.0. The van der Waals surface area contributed by atoms with E-state index in [0.29, 0.717) is 25.9 Å². The van der Waals surface area contributed by atoms with Crippen LogP contribution in [-0.4, -0.2) is 49.4 Å². The second-order valence-corrected chi connectivity index (χ2v) is 8.29. The highest BCUT2D eigenvalue weighted by Crippen LogP contribution is 2.38. The molecule has 0 spiro atoms. The zero-order chi connectivity index (χ0) is 22.3. The van der Waals surface area contributed by atoms with E-state index in [1.54, 1.807) is 0 Å². The number of benzene rings is 2. The number of fused-ring (bicyclic) bond motifs is 2. The van der Waals surface area contributed by atoms with Crippen molar-refractivity contribution in [2.75, 3.05) is 26.2 Å². The van der Waals surface area contributed by atoms with Gasteiger partial charge in [-0.1, -0.05) is 66.3 Å². The van der Waals surface area contributed by atoms with Gasteiger partial charge in [-0.3, -0.25) is 14.5 Å². The van der Waals surface area contributed by atoms with Gasteiger partial charge in [0.1, 0.15) is 0 Å². The van der Waals surface area contributed by atoms with Gasteiger partial charge in [0.15, 0.2) is 0 Å². The Labute approximate surface area is 190 Å². The van der Waals surface area contributed by atoms with Crippen LogP contribution in [0.15, 0.2) is 54.1 Å². The highest BCUT2D eigenvalue weighted by molar-refractivity contribution is 5.95. The molecule has 2 amide bonds. The molecule has 1 unspecified atom stereocenters. The van der Waals surface area contributed by atoms with E-state index in [4.69, 9.17) is 0 Å². The average Bonchev–Trinajstić information content (AvgIpc) is 2.99. The minimum atomic E-state index is -0.218. The Balaban J connectivity index is 1.62. The first-order valence-corrected chi connectivity index (χ1v) is 11.5. The highest BCUT2D eigenvalue weighted by atomic mass is 16.2. The lowest BCUT2D eigenvalue weighted by Crippen LogP contribution is -2.50. The molecule has 0 bridgehead atoms. The van der Waals surface area contributed by atoms with E-state index >= 15 is 0 Å². The van der Waals surface area contributed by atoms with Crippen LogP contribution in [0.2, 0.25) is 0 Å². The van der Waals surface area contributed by atoms with Gasteiger partial charge >= 0.3 is 0 Å². The molecule has 0 saturated carbocycles. The molecule has 166 valence electrons. The third-order valence-corrected chi connectivity index (χ3v) is 6.40. The summed E-state index contributed by atoms with van der Waals surface area (Å²) in [5, 5.41) is 5.66. The number of carbonyl (C=O) groups excluding carboxylic acids is 2. The van der Waals surface area contributed by atoms with Gasteiger partial charge in [-0.25, -0.2) is 0 Å². The molecule has 0 radical (unpaired) electrons. The number of hydrogen-bond acceptors (Lipinski definition) is 3. The molecule has 0 aromatic heterocycles. The number of nitrogens with one attached hydrogen (secondary N) is 2. The van der Waals surface area contributed by atoms with Crippen LogP contribution in [-0.2, 0) is 9.59 Å². The van der Waals surface area contributed by atoms with E-state index in [2.05, 4.69) is 76.2 Å². The predicted octanol–water partition coefficient (Wildman–Crippen LogP) is 3.71. The molecular formula is C27H31N3O2. The molecule has 2 N–H and O–H groups in total. The lowest BCUT2D eigenvalue weighted by molar-refractivity contribution is -0.127. The van der Waals surface area contributed by atoms with E-state index < -0.39 is 0 Å². The van der Waals surface area contributed by atoms with E-state index in [-0.39, 0.29) is 11.9 Å². The maximum atomic E-state index is 12.7. The monoisotopic (exact) mass is 429 g/mol. The van der Waals surface area contributed by atoms with Crippen molar-refractivity contribution < 1.29 is 9.59 Å². The Kier molecular flexibility index (Phi) is 7.17. The molecule has 5 nitrogen and oxygen atoms in total. The maximum absolute atomic E-state index is 12.7. The van der Waals surface area contributed by atoms with Crippen molar-refractivity contribution in [1.82, 2.24) is 15.5 Å². The Morgan fingerprint density at radius 2 is 1.59 bits per heavy atom. The second-order valence-electron chi connectivity index (χ2n) is 8.29. The topological polar surface area (TPSA) is 61.4 Å². The third-order valence-electron chi connectivity index (χ3n) is 6.40. The summed E-state index contributed by atoms with van der Waals surface area (Å²) in [7, 11) is 0. The van der Waals surface area contributed by atoms with Crippen molar-refractivity contribution in [3.05, 3.63) is 76.4 Å². The van der Waals surface area contributed by atoms with Crippen LogP contribution in [0.4, 0.5) is 0 Å². The van der Waals surface area contributed by atoms with Gasteiger partial charge < -0.3 is 10.6 Å². The standard InChI is InChI=1S/C27H31N3O2/c1-2-29-27(32)25(13-16-28-19-31)30-17-14-22(15-18-30)26-23-9-5-3-7-20(23)11-12-21-8-4-6-10-24(21)26/h3-12,19,25H,2,13-18H2,1H3,(H,28,31)(H,29,32). The largest absolute Gasteiger partial charge is 0.359 e. The molecule has 2 aromatic carbocycles. The van der Waals surface area contributed by atoms with Crippen LogP contribution in [0.1, 0.15) is 48.4 Å². The Bertz CT molecular complexity index is 979. The fraction of sp³-hybridized carbons (Fsp3) is 0.333. The SMILES string of the molecule is CCNC(=O)C(CCNC=O)N1CCC(=C2c3ccccc3C=Cc3ccccc32)CC1. The number of hydrogen-bond donors (Lipinski definition) is 2. The Morgan fingerprint density at radius 3 is 2.16 bits per heavy atom. The van der Waals surface area contributed by atoms with Gasteiger partial charge in [0.25, 0.3) is 0 Å². The molecule has 1 saturated heterocycles. The summed E-state index contributed by atoms with van der Waals surface area (Å²) in [6.45, 7) is 4.72. The molecular weight excluding hydrogens is 398 g/mol. The first-order valence-electron chi connectivity index (χ1n) is 11.5. The van der Waals surface area contributed by atoms with E-state index in [1.165, 1.54) is 33.4 Å². The van der Waals surface area contributed by atoms with Crippen LogP contribution in [0.25, 0.3) is 17.7 Å². The molecule has 5 heteroatoms. The van der Waals surface area contributed by atoms with Crippen LogP contribution < -0.4 is 10.6 Å². The fourth-order valence-electron chi connectivity index (χ4n) is 4.85. The van der Waals surface area contributed by atoms with Gasteiger partial charge in [-0.2, -0.15) is 0 Å². The van der Waals surface area contributed by atoms with Gasteiger partial charge in [0.2, 0.25) is 12.3 Å². The fourth-order valence-corrected chi connectivity index (χ4v) is 4.85. The van der Waals surface area contributed by atoms with Crippen molar-refractivity contribution in [2.45, 2.75) is 32.2 Å². The molecule has 2 aromatic rings. The van der Waals surface area contributed by atoms with Crippen LogP contribution in [0.3, 0.4) is 0 Å². The smallest absolute Gasteiger partial charge is 0.237 e. The van der Waals surface area contributed by atoms with E-state index in [1.807, 2.05) is 6.92 Å². The number of amides is 2. The zero-order valence-corrected chi connectivity index (χ0v) is 18.6. The summed E-state index contributed by atoms with van der Waals surface area (Å²) in [6.07, 6.45) is 7.59. The van der Waals surface area contributed by atoms with Crippen LogP contribution >= 0.6 is 0 Å². The summed E-state index contributed by atoms with van der Waals surface area (Å²) in [5.74, 6) is 0.0469. The molecule has 2 aliphatic rings. The van der Waals surface area contributed by atoms with Gasteiger partial charge in [-0.05, 0) is 54.0 Å². The van der Waals surface area contributed by atoms with Crippen molar-refractivity contribution >= 4 is 30.0 Å². The highest BCUT2D eigenvalue weighted by Gasteiger charge is 2.29. The van der Waals surface area contributed by atoms with Crippen LogP contribution in [0, 0.1) is 0 Å². The second kappa shape index (κ2) is 10.4. The number of likely N-dealkylation sites (N-methyl/N-ethyl adjacent to an activating group) is 1. The zero-order valence-electron chi connectivity index (χ0n) is 18.6. The summed E-state index contributed by atoms with van der Waals surface area (Å²) >= 11 is 0. The van der Waals surface area contributed by atoms with E-state index in [9.17, 15) is 9.59 Å². The Morgan fingerprint density at radius 1 is 1.00 bits per heavy atom. The molecule has 1 atom stereocenters. The minimum absolute atomic E-state index is 0.0469. The normalized spacial score (nSPS) is 16.5. The lowest BCUT2D eigenvalue weighted by atomic mass is 9.85. The number of piperidine rings is 1. The molecule has 32 heavy (non-hydrogen) atoms. The molecule has 1 heterocycles. The first kappa shape index (κ1) is 22.0. The summed E-state index contributed by atoms with van der Waals surface area (Å²) < 4.78 is 0. The van der Waals surface area contributed by atoms with E-state index in [0.717, 1.165) is 25.9 Å². The van der Waals surface area contributed by atoms with Crippen molar-refractivity contribution in [3.8, 4) is 0 Å². The van der Waals surface area contributed by atoms with Crippen molar-refractivity contribution in [1.29, 1.82) is 0 Å². The Hall–Kier alpha value is -3.18. The quantitative estimate of drug-likeness (QED) is 0.445. The van der Waals surface area contributed by atoms with Crippen molar-refractivity contribution in [3.63, 3.8) is 0 Å². The molecule has 4 rings (SSSR count). The van der Waals surface area contributed by atoms with Gasteiger partial charge in [0.05, 0.1) is 6.04 Å². The maximum Gasteiger partial charge on any atom is 0.237 e.